The lowest BCUT2D eigenvalue weighted by atomic mass is 10.1. The molecule has 0 fully saturated rings. The standard InChI is InChI=1S/C11H14N2.2C2H6/c1-6-11(8-9(3)4)10(5)13-12-7-2;2*1-2/h6-8H,1-3,5H2,4H3;2*1-2H3/b11-8-,13-12?;;. The van der Waals surface area contributed by atoms with Gasteiger partial charge in [0, 0.05) is 11.8 Å². The molecule has 2 nitrogen and oxygen atoms in total. The van der Waals surface area contributed by atoms with Gasteiger partial charge in [-0.25, -0.2) is 0 Å². The maximum atomic E-state index is 3.80. The van der Waals surface area contributed by atoms with E-state index in [9.17, 15) is 0 Å². The summed E-state index contributed by atoms with van der Waals surface area (Å²) in [6, 6.07) is 0. The molecule has 0 aromatic rings. The molecule has 0 saturated carbocycles. The molecule has 0 aliphatic heterocycles. The monoisotopic (exact) mass is 234 g/mol. The molecular weight excluding hydrogens is 208 g/mol. The third-order valence-electron chi connectivity index (χ3n) is 1.22. The Labute approximate surface area is 107 Å². The van der Waals surface area contributed by atoms with Crippen molar-refractivity contribution in [3.63, 3.8) is 0 Å². The molecule has 0 aliphatic carbocycles. The molecule has 0 saturated heterocycles. The smallest absolute Gasteiger partial charge is 0.0857 e. The van der Waals surface area contributed by atoms with Crippen LogP contribution >= 0.6 is 0 Å². The van der Waals surface area contributed by atoms with E-state index in [1.807, 2.05) is 40.7 Å². The largest absolute Gasteiger partial charge is 0.159 e. The van der Waals surface area contributed by atoms with Crippen molar-refractivity contribution >= 4 is 0 Å². The zero-order valence-electron chi connectivity index (χ0n) is 12.0. The Morgan fingerprint density at radius 3 is 1.76 bits per heavy atom. The summed E-state index contributed by atoms with van der Waals surface area (Å²) in [4.78, 5) is 0. The van der Waals surface area contributed by atoms with Crippen LogP contribution in [0.25, 0.3) is 0 Å². The normalized spacial score (nSPS) is 9.35. The maximum Gasteiger partial charge on any atom is 0.0857 e. The van der Waals surface area contributed by atoms with Crippen molar-refractivity contribution in [2.24, 2.45) is 10.2 Å². The van der Waals surface area contributed by atoms with Gasteiger partial charge in [-0.05, 0) is 6.92 Å². The minimum Gasteiger partial charge on any atom is -0.159 e. The molecule has 0 rings (SSSR count). The van der Waals surface area contributed by atoms with Crippen LogP contribution < -0.4 is 0 Å². The van der Waals surface area contributed by atoms with Gasteiger partial charge in [0.2, 0.25) is 0 Å². The SMILES string of the molecule is C=CN=NC(=C)/C(C=C)=C\C(=C)C.CC.CC. The summed E-state index contributed by atoms with van der Waals surface area (Å²) < 4.78 is 0. The molecule has 0 bridgehead atoms. The van der Waals surface area contributed by atoms with E-state index in [2.05, 4.69) is 36.5 Å². The molecule has 0 heterocycles. The summed E-state index contributed by atoms with van der Waals surface area (Å²) in [7, 11) is 0. The molecule has 17 heavy (non-hydrogen) atoms. The maximum absolute atomic E-state index is 3.80. The zero-order chi connectivity index (χ0) is 14.3. The minimum absolute atomic E-state index is 0.554. The van der Waals surface area contributed by atoms with E-state index in [0.29, 0.717) is 5.70 Å². The minimum atomic E-state index is 0.554. The number of rotatable bonds is 5. The van der Waals surface area contributed by atoms with Gasteiger partial charge in [0.15, 0.2) is 0 Å². The van der Waals surface area contributed by atoms with E-state index in [1.165, 1.54) is 6.20 Å². The molecule has 0 unspecified atom stereocenters. The fourth-order valence-electron chi connectivity index (χ4n) is 0.694. The molecule has 2 heteroatoms. The van der Waals surface area contributed by atoms with Crippen molar-refractivity contribution in [3.8, 4) is 0 Å². The van der Waals surface area contributed by atoms with Crippen molar-refractivity contribution in [3.05, 3.63) is 61.5 Å². The Kier molecular flexibility index (Phi) is 20.3. The molecule has 0 aromatic carbocycles. The summed E-state index contributed by atoms with van der Waals surface area (Å²) in [6.07, 6.45) is 4.86. The molecular formula is C15H26N2. The van der Waals surface area contributed by atoms with Gasteiger partial charge in [-0.2, -0.15) is 10.2 Å². The van der Waals surface area contributed by atoms with Crippen LogP contribution in [-0.4, -0.2) is 0 Å². The first-order chi connectivity index (χ1) is 8.11. The highest BCUT2D eigenvalue weighted by Gasteiger charge is 1.95. The highest BCUT2D eigenvalue weighted by Crippen LogP contribution is 2.12. The lowest BCUT2D eigenvalue weighted by molar-refractivity contribution is 1.15. The molecule has 0 amide bonds. The zero-order valence-corrected chi connectivity index (χ0v) is 12.0. The summed E-state index contributed by atoms with van der Waals surface area (Å²) in [6.45, 7) is 24.4. The molecule has 0 spiro atoms. The van der Waals surface area contributed by atoms with E-state index in [0.717, 1.165) is 11.1 Å². The predicted molar refractivity (Wildman–Crippen MR) is 80.0 cm³/mol. The average molecular weight is 234 g/mol. The highest BCUT2D eigenvalue weighted by atomic mass is 15.1. The Balaban J connectivity index is -0.000000439. The Bertz CT molecular complexity index is 294. The highest BCUT2D eigenvalue weighted by molar-refractivity contribution is 5.40. The lowest BCUT2D eigenvalue weighted by Crippen LogP contribution is -1.80. The predicted octanol–water partition coefficient (Wildman–Crippen LogP) is 5.84. The number of nitrogens with zero attached hydrogens (tertiary/aromatic N) is 2. The summed E-state index contributed by atoms with van der Waals surface area (Å²) in [5, 5.41) is 7.42. The molecule has 96 valence electrons. The third kappa shape index (κ3) is 14.3. The van der Waals surface area contributed by atoms with Crippen LogP contribution in [0.3, 0.4) is 0 Å². The second-order valence-electron chi connectivity index (χ2n) is 2.49. The fraction of sp³-hybridized carbons (Fsp3) is 0.333. The lowest BCUT2D eigenvalue weighted by Gasteiger charge is -1.98. The second kappa shape index (κ2) is 16.7. The first-order valence-corrected chi connectivity index (χ1v) is 5.82. The van der Waals surface area contributed by atoms with Gasteiger partial charge in [-0.1, -0.05) is 71.7 Å². The van der Waals surface area contributed by atoms with E-state index in [1.54, 1.807) is 6.08 Å². The molecule has 0 atom stereocenters. The second-order valence-corrected chi connectivity index (χ2v) is 2.49. The van der Waals surface area contributed by atoms with Gasteiger partial charge in [0.1, 0.15) is 0 Å². The van der Waals surface area contributed by atoms with Gasteiger partial charge in [-0.3, -0.25) is 0 Å². The van der Waals surface area contributed by atoms with Crippen molar-refractivity contribution in [2.45, 2.75) is 34.6 Å². The van der Waals surface area contributed by atoms with Gasteiger partial charge in [0.05, 0.1) is 5.70 Å². The molecule has 0 aliphatic rings. The number of allylic oxidation sites excluding steroid dienone is 3. The van der Waals surface area contributed by atoms with E-state index >= 15 is 0 Å². The Hall–Kier alpha value is -1.70. The van der Waals surface area contributed by atoms with Crippen molar-refractivity contribution in [1.29, 1.82) is 0 Å². The van der Waals surface area contributed by atoms with E-state index in [4.69, 9.17) is 0 Å². The van der Waals surface area contributed by atoms with Crippen LogP contribution in [0.4, 0.5) is 0 Å². The topological polar surface area (TPSA) is 24.7 Å². The van der Waals surface area contributed by atoms with Crippen molar-refractivity contribution < 1.29 is 0 Å². The molecule has 0 aromatic heterocycles. The van der Waals surface area contributed by atoms with Crippen LogP contribution in [0.1, 0.15) is 34.6 Å². The molecule has 0 radical (unpaired) electrons. The van der Waals surface area contributed by atoms with Gasteiger partial charge in [0.25, 0.3) is 0 Å². The summed E-state index contributed by atoms with van der Waals surface area (Å²) >= 11 is 0. The van der Waals surface area contributed by atoms with Gasteiger partial charge >= 0.3 is 0 Å². The van der Waals surface area contributed by atoms with Crippen molar-refractivity contribution in [2.75, 3.05) is 0 Å². The molecule has 0 N–H and O–H groups in total. The Morgan fingerprint density at radius 1 is 1.00 bits per heavy atom. The fourth-order valence-corrected chi connectivity index (χ4v) is 0.694. The van der Waals surface area contributed by atoms with Crippen molar-refractivity contribution in [1.82, 2.24) is 0 Å². The van der Waals surface area contributed by atoms with Crippen LogP contribution in [-0.2, 0) is 0 Å². The van der Waals surface area contributed by atoms with E-state index < -0.39 is 0 Å². The van der Waals surface area contributed by atoms with Crippen LogP contribution in [0.5, 0.6) is 0 Å². The van der Waals surface area contributed by atoms with Crippen LogP contribution in [0.15, 0.2) is 71.7 Å². The van der Waals surface area contributed by atoms with Gasteiger partial charge in [-0.15, -0.1) is 0 Å². The first kappa shape index (κ1) is 20.7. The quantitative estimate of drug-likeness (QED) is 0.422. The number of azo groups is 1. The van der Waals surface area contributed by atoms with Crippen LogP contribution in [0, 0.1) is 0 Å². The number of hydrogen-bond donors (Lipinski definition) is 0. The van der Waals surface area contributed by atoms with Crippen LogP contribution in [0.2, 0.25) is 0 Å². The Morgan fingerprint density at radius 2 is 1.47 bits per heavy atom. The number of hydrogen-bond acceptors (Lipinski definition) is 2. The summed E-state index contributed by atoms with van der Waals surface area (Å²) in [5.41, 5.74) is 2.29. The average Bonchev–Trinajstić information content (AvgIpc) is 2.37. The van der Waals surface area contributed by atoms with E-state index in [-0.39, 0.29) is 0 Å². The van der Waals surface area contributed by atoms with Gasteiger partial charge < -0.3 is 0 Å². The third-order valence-corrected chi connectivity index (χ3v) is 1.22. The summed E-state index contributed by atoms with van der Waals surface area (Å²) in [5.74, 6) is 0. The first-order valence-electron chi connectivity index (χ1n) is 5.82.